The van der Waals surface area contributed by atoms with E-state index < -0.39 is 17.8 Å². The molecule has 0 radical (unpaired) electrons. The van der Waals surface area contributed by atoms with Crippen LogP contribution in [0.3, 0.4) is 0 Å². The maximum absolute atomic E-state index is 13.1. The molecule has 1 aliphatic rings. The van der Waals surface area contributed by atoms with Crippen LogP contribution in [0.1, 0.15) is 18.1 Å². The SMILES string of the molecule is CCc1ccccc1N1C(=O)NC(=O)/C(=C/c2cc(Cl)c(OC)c(OC)c2)C1=O. The second-order valence-corrected chi connectivity index (χ2v) is 6.59. The number of aryl methyl sites for hydroxylation is 1. The van der Waals surface area contributed by atoms with Crippen molar-refractivity contribution in [3.8, 4) is 11.5 Å². The van der Waals surface area contributed by atoms with Crippen molar-refractivity contribution in [2.24, 2.45) is 0 Å². The lowest BCUT2D eigenvalue weighted by atomic mass is 10.0. The molecule has 1 aliphatic heterocycles. The van der Waals surface area contributed by atoms with Crippen molar-refractivity contribution >= 4 is 41.2 Å². The molecule has 0 atom stereocenters. The predicted octanol–water partition coefficient (Wildman–Crippen LogP) is 3.59. The first-order valence-corrected chi connectivity index (χ1v) is 9.19. The molecule has 0 bridgehead atoms. The molecule has 150 valence electrons. The molecule has 1 heterocycles. The zero-order valence-electron chi connectivity index (χ0n) is 16.1. The number of carbonyl (C=O) groups excluding carboxylic acids is 3. The highest BCUT2D eigenvalue weighted by molar-refractivity contribution is 6.39. The van der Waals surface area contributed by atoms with Gasteiger partial charge in [-0.25, -0.2) is 9.69 Å². The maximum Gasteiger partial charge on any atom is 0.335 e. The first-order chi connectivity index (χ1) is 13.9. The number of benzene rings is 2. The van der Waals surface area contributed by atoms with Gasteiger partial charge in [0.15, 0.2) is 11.5 Å². The molecule has 8 heteroatoms. The van der Waals surface area contributed by atoms with Gasteiger partial charge in [-0.05, 0) is 41.8 Å². The van der Waals surface area contributed by atoms with E-state index in [0.29, 0.717) is 29.2 Å². The third kappa shape index (κ3) is 3.82. The second kappa shape index (κ2) is 8.36. The zero-order chi connectivity index (χ0) is 21.1. The minimum Gasteiger partial charge on any atom is -0.493 e. The highest BCUT2D eigenvalue weighted by atomic mass is 35.5. The fourth-order valence-electron chi connectivity index (χ4n) is 3.09. The van der Waals surface area contributed by atoms with Gasteiger partial charge in [-0.1, -0.05) is 36.7 Å². The number of rotatable bonds is 5. The lowest BCUT2D eigenvalue weighted by Gasteiger charge is -2.28. The minimum absolute atomic E-state index is 0.196. The van der Waals surface area contributed by atoms with Crippen LogP contribution in [0.25, 0.3) is 6.08 Å². The van der Waals surface area contributed by atoms with E-state index in [0.717, 1.165) is 10.5 Å². The van der Waals surface area contributed by atoms with E-state index >= 15 is 0 Å². The number of anilines is 1. The Morgan fingerprint density at radius 2 is 1.83 bits per heavy atom. The molecule has 2 aromatic rings. The third-order valence-electron chi connectivity index (χ3n) is 4.48. The lowest BCUT2D eigenvalue weighted by molar-refractivity contribution is -0.122. The molecule has 0 spiro atoms. The molecule has 3 rings (SSSR count). The number of amides is 4. The molecular weight excluding hydrogens is 396 g/mol. The Morgan fingerprint density at radius 1 is 1.10 bits per heavy atom. The van der Waals surface area contributed by atoms with Gasteiger partial charge in [0.25, 0.3) is 11.8 Å². The van der Waals surface area contributed by atoms with Crippen LogP contribution in [0.5, 0.6) is 11.5 Å². The van der Waals surface area contributed by atoms with Crippen LogP contribution >= 0.6 is 11.6 Å². The number of hydrogen-bond acceptors (Lipinski definition) is 5. The van der Waals surface area contributed by atoms with Crippen molar-refractivity contribution in [3.05, 3.63) is 58.1 Å². The minimum atomic E-state index is -0.789. The summed E-state index contributed by atoms with van der Waals surface area (Å²) >= 11 is 6.21. The van der Waals surface area contributed by atoms with Gasteiger partial charge >= 0.3 is 6.03 Å². The lowest BCUT2D eigenvalue weighted by Crippen LogP contribution is -2.54. The van der Waals surface area contributed by atoms with Gasteiger partial charge in [0.05, 0.1) is 24.9 Å². The van der Waals surface area contributed by atoms with Crippen LogP contribution in [-0.2, 0) is 16.0 Å². The smallest absolute Gasteiger partial charge is 0.335 e. The molecule has 4 amide bonds. The summed E-state index contributed by atoms with van der Waals surface area (Å²) in [4.78, 5) is 38.8. The molecule has 29 heavy (non-hydrogen) atoms. The van der Waals surface area contributed by atoms with Crippen molar-refractivity contribution in [1.82, 2.24) is 5.32 Å². The fraction of sp³-hybridized carbons (Fsp3) is 0.190. The molecular formula is C21H19ClN2O5. The van der Waals surface area contributed by atoms with Crippen molar-refractivity contribution in [3.63, 3.8) is 0 Å². The number of ether oxygens (including phenoxy) is 2. The monoisotopic (exact) mass is 414 g/mol. The summed E-state index contributed by atoms with van der Waals surface area (Å²) in [6.07, 6.45) is 1.98. The van der Waals surface area contributed by atoms with Gasteiger partial charge in [-0.15, -0.1) is 0 Å². The van der Waals surface area contributed by atoms with Crippen LogP contribution in [0.15, 0.2) is 42.0 Å². The molecule has 7 nitrogen and oxygen atoms in total. The van der Waals surface area contributed by atoms with E-state index in [1.165, 1.54) is 26.4 Å². The van der Waals surface area contributed by atoms with E-state index in [9.17, 15) is 14.4 Å². The first-order valence-electron chi connectivity index (χ1n) is 8.82. The van der Waals surface area contributed by atoms with E-state index in [2.05, 4.69) is 5.32 Å². The van der Waals surface area contributed by atoms with Gasteiger partial charge < -0.3 is 9.47 Å². The van der Waals surface area contributed by atoms with E-state index in [4.69, 9.17) is 21.1 Å². The van der Waals surface area contributed by atoms with Crippen LogP contribution in [-0.4, -0.2) is 32.1 Å². The number of nitrogens with zero attached hydrogens (tertiary/aromatic N) is 1. The third-order valence-corrected chi connectivity index (χ3v) is 4.76. The van der Waals surface area contributed by atoms with Gasteiger partial charge in [0.1, 0.15) is 5.57 Å². The molecule has 1 N–H and O–H groups in total. The molecule has 1 saturated heterocycles. The Kier molecular flexibility index (Phi) is 5.89. The van der Waals surface area contributed by atoms with E-state index in [1.54, 1.807) is 18.2 Å². The molecule has 1 fully saturated rings. The second-order valence-electron chi connectivity index (χ2n) is 6.18. The average Bonchev–Trinajstić information content (AvgIpc) is 2.70. The highest BCUT2D eigenvalue weighted by Gasteiger charge is 2.37. The molecule has 0 unspecified atom stereocenters. The topological polar surface area (TPSA) is 84.9 Å². The predicted molar refractivity (Wildman–Crippen MR) is 109 cm³/mol. The Morgan fingerprint density at radius 3 is 2.48 bits per heavy atom. The molecule has 0 aliphatic carbocycles. The molecule has 0 saturated carbocycles. The Balaban J connectivity index is 2.08. The average molecular weight is 415 g/mol. The van der Waals surface area contributed by atoms with Crippen molar-refractivity contribution in [2.45, 2.75) is 13.3 Å². The summed E-state index contributed by atoms with van der Waals surface area (Å²) in [7, 11) is 2.90. The normalized spacial score (nSPS) is 15.5. The van der Waals surface area contributed by atoms with Crippen molar-refractivity contribution in [2.75, 3.05) is 19.1 Å². The Bertz CT molecular complexity index is 1030. The number of barbiturate groups is 1. The number of methoxy groups -OCH3 is 2. The quantitative estimate of drug-likeness (QED) is 0.597. The van der Waals surface area contributed by atoms with E-state index in [-0.39, 0.29) is 10.6 Å². The molecule has 2 aromatic carbocycles. The number of para-hydroxylation sites is 1. The van der Waals surface area contributed by atoms with Gasteiger partial charge in [-0.2, -0.15) is 0 Å². The number of urea groups is 1. The van der Waals surface area contributed by atoms with Gasteiger partial charge in [-0.3, -0.25) is 14.9 Å². The van der Waals surface area contributed by atoms with Crippen LogP contribution in [0.4, 0.5) is 10.5 Å². The fourth-order valence-corrected chi connectivity index (χ4v) is 3.39. The first kappa shape index (κ1) is 20.4. The molecule has 0 aromatic heterocycles. The largest absolute Gasteiger partial charge is 0.493 e. The van der Waals surface area contributed by atoms with Crippen LogP contribution in [0.2, 0.25) is 5.02 Å². The number of imide groups is 2. The number of hydrogen-bond donors (Lipinski definition) is 1. The Hall–Kier alpha value is -3.32. The van der Waals surface area contributed by atoms with Crippen molar-refractivity contribution in [1.29, 1.82) is 0 Å². The van der Waals surface area contributed by atoms with E-state index in [1.807, 2.05) is 19.1 Å². The summed E-state index contributed by atoms with van der Waals surface area (Å²) < 4.78 is 10.4. The summed E-state index contributed by atoms with van der Waals surface area (Å²) in [5.41, 5.74) is 1.49. The number of carbonyl (C=O) groups is 3. The highest BCUT2D eigenvalue weighted by Crippen LogP contribution is 2.37. The summed E-state index contributed by atoms with van der Waals surface area (Å²) in [5, 5.41) is 2.47. The standard InChI is InChI=1S/C21H19ClN2O5/c1-4-13-7-5-6-8-16(13)24-20(26)14(19(25)23-21(24)27)9-12-10-15(22)18(29-3)17(11-12)28-2/h5-11H,4H2,1-3H3,(H,23,25,27)/b14-9-. The van der Waals surface area contributed by atoms with Gasteiger partial charge in [0.2, 0.25) is 0 Å². The number of halogens is 1. The zero-order valence-corrected chi connectivity index (χ0v) is 16.9. The number of nitrogens with one attached hydrogen (secondary N) is 1. The van der Waals surface area contributed by atoms with Gasteiger partial charge in [0, 0.05) is 0 Å². The summed E-state index contributed by atoms with van der Waals surface area (Å²) in [6.45, 7) is 1.92. The van der Waals surface area contributed by atoms with Crippen molar-refractivity contribution < 1.29 is 23.9 Å². The summed E-state index contributed by atoms with van der Waals surface area (Å²) in [6, 6.07) is 9.37. The van der Waals surface area contributed by atoms with Crippen LogP contribution in [0, 0.1) is 0 Å². The Labute approximate surface area is 172 Å². The van der Waals surface area contributed by atoms with Crippen LogP contribution < -0.4 is 19.7 Å². The maximum atomic E-state index is 13.1. The summed E-state index contributed by atoms with van der Waals surface area (Å²) in [5.74, 6) is -0.814.